The Morgan fingerprint density at radius 1 is 1.00 bits per heavy atom. The van der Waals surface area contributed by atoms with Crippen molar-refractivity contribution in [3.63, 3.8) is 0 Å². The number of nitrogen functional groups attached to an aromatic ring is 1. The van der Waals surface area contributed by atoms with Crippen LogP contribution in [0.5, 0.6) is 0 Å². The molecule has 0 atom stereocenters. The number of nitrogens with two attached hydrogens (primary N) is 1. The van der Waals surface area contributed by atoms with E-state index in [2.05, 4.69) is 21.8 Å². The minimum absolute atomic E-state index is 0.309. The van der Waals surface area contributed by atoms with Gasteiger partial charge < -0.3 is 15.5 Å². The first-order valence-corrected chi connectivity index (χ1v) is 9.89. The summed E-state index contributed by atoms with van der Waals surface area (Å²) in [6.45, 7) is 3.73. The highest BCUT2D eigenvalue weighted by molar-refractivity contribution is 5.81. The number of benzene rings is 1. The Morgan fingerprint density at radius 3 is 2.53 bits per heavy atom. The first kappa shape index (κ1) is 18.5. The van der Waals surface area contributed by atoms with Gasteiger partial charge in [0.25, 0.3) is 0 Å². The van der Waals surface area contributed by atoms with E-state index in [1.54, 1.807) is 41.2 Å². The van der Waals surface area contributed by atoms with Crippen LogP contribution in [-0.4, -0.2) is 57.7 Å². The van der Waals surface area contributed by atoms with Crippen molar-refractivity contribution in [3.8, 4) is 22.4 Å². The smallest absolute Gasteiger partial charge is 0.162 e. The van der Waals surface area contributed by atoms with Crippen molar-refractivity contribution >= 4 is 17.3 Å². The van der Waals surface area contributed by atoms with E-state index < -0.39 is 0 Å². The molecule has 1 saturated heterocycles. The van der Waals surface area contributed by atoms with Crippen LogP contribution in [0.15, 0.2) is 54.9 Å². The Hall–Kier alpha value is -3.52. The number of aromatic nitrogens is 4. The van der Waals surface area contributed by atoms with E-state index in [1.807, 2.05) is 12.1 Å². The molecule has 7 nitrogen and oxygen atoms in total. The molecule has 0 aliphatic carbocycles. The number of hydrogen-bond donors (Lipinski definition) is 1. The second-order valence-corrected chi connectivity index (χ2v) is 7.55. The molecular weight excluding hydrogens is 381 g/mol. The molecule has 1 aromatic carbocycles. The van der Waals surface area contributed by atoms with Crippen molar-refractivity contribution in [3.05, 3.63) is 60.7 Å². The molecule has 0 saturated carbocycles. The van der Waals surface area contributed by atoms with Crippen molar-refractivity contribution in [1.82, 2.24) is 24.5 Å². The molecule has 0 bridgehead atoms. The Labute approximate surface area is 173 Å². The number of anilines is 2. The van der Waals surface area contributed by atoms with Gasteiger partial charge in [-0.2, -0.15) is 0 Å². The normalized spacial score (nSPS) is 15.1. The predicted octanol–water partition coefficient (Wildman–Crippen LogP) is 2.93. The first-order chi connectivity index (χ1) is 14.6. The van der Waals surface area contributed by atoms with Crippen molar-refractivity contribution in [1.29, 1.82) is 0 Å². The largest absolute Gasteiger partial charge is 0.384 e. The van der Waals surface area contributed by atoms with E-state index in [4.69, 9.17) is 15.8 Å². The second kappa shape index (κ2) is 7.38. The molecule has 2 N–H and O–H groups in total. The standard InChI is InChI=1S/C22H22FN7/c1-28-8-10-29(11-9-28)21-12-17(15-6-7-20(24)25-13-15)22-26-19(14-30(22)27-21)16-4-2-3-5-18(16)23/h2-7,12-14H,8-11H2,1H3,(H2,24,25). The summed E-state index contributed by atoms with van der Waals surface area (Å²) in [6.07, 6.45) is 3.51. The number of likely N-dealkylation sites (N-methyl/N-ethyl adjacent to an activating group) is 1. The third kappa shape index (κ3) is 3.35. The van der Waals surface area contributed by atoms with Gasteiger partial charge in [0.05, 0.1) is 11.9 Å². The zero-order valence-electron chi connectivity index (χ0n) is 16.7. The molecule has 1 aliphatic heterocycles. The van der Waals surface area contributed by atoms with Crippen LogP contribution < -0.4 is 10.6 Å². The van der Waals surface area contributed by atoms with E-state index in [0.29, 0.717) is 22.7 Å². The van der Waals surface area contributed by atoms with Crippen LogP contribution in [0.4, 0.5) is 16.0 Å². The number of piperazine rings is 1. The van der Waals surface area contributed by atoms with E-state index in [-0.39, 0.29) is 5.82 Å². The molecule has 8 heteroatoms. The van der Waals surface area contributed by atoms with Gasteiger partial charge in [0.2, 0.25) is 0 Å². The van der Waals surface area contributed by atoms with Crippen LogP contribution in [-0.2, 0) is 0 Å². The minimum atomic E-state index is -0.309. The van der Waals surface area contributed by atoms with Gasteiger partial charge in [-0.3, -0.25) is 0 Å². The summed E-state index contributed by atoms with van der Waals surface area (Å²) in [5.41, 5.74) is 9.19. The average Bonchev–Trinajstić information content (AvgIpc) is 3.18. The lowest BCUT2D eigenvalue weighted by molar-refractivity contribution is 0.311. The van der Waals surface area contributed by atoms with Gasteiger partial charge in [-0.25, -0.2) is 18.9 Å². The van der Waals surface area contributed by atoms with Crippen LogP contribution in [0.25, 0.3) is 28.0 Å². The van der Waals surface area contributed by atoms with Gasteiger partial charge in [-0.15, -0.1) is 5.10 Å². The number of imidazole rings is 1. The quantitative estimate of drug-likeness (QED) is 0.567. The molecule has 3 aromatic heterocycles. The van der Waals surface area contributed by atoms with Crippen LogP contribution in [0.2, 0.25) is 0 Å². The minimum Gasteiger partial charge on any atom is -0.384 e. The first-order valence-electron chi connectivity index (χ1n) is 9.89. The molecule has 5 rings (SSSR count). The maximum absolute atomic E-state index is 14.4. The summed E-state index contributed by atoms with van der Waals surface area (Å²) < 4.78 is 16.1. The van der Waals surface area contributed by atoms with Crippen LogP contribution >= 0.6 is 0 Å². The molecular formula is C22H22FN7. The topological polar surface area (TPSA) is 75.6 Å². The van der Waals surface area contributed by atoms with Crippen LogP contribution in [0.3, 0.4) is 0 Å². The summed E-state index contributed by atoms with van der Waals surface area (Å²) in [5.74, 6) is 1.01. The molecule has 30 heavy (non-hydrogen) atoms. The Kier molecular flexibility index (Phi) is 4.55. The molecule has 1 aliphatic rings. The number of fused-ring (bicyclic) bond motifs is 1. The Balaban J connectivity index is 1.68. The van der Waals surface area contributed by atoms with Crippen molar-refractivity contribution in [2.75, 3.05) is 43.9 Å². The monoisotopic (exact) mass is 403 g/mol. The van der Waals surface area contributed by atoms with Gasteiger partial charge in [-0.05, 0) is 37.4 Å². The Bertz CT molecular complexity index is 1190. The summed E-state index contributed by atoms with van der Waals surface area (Å²) in [7, 11) is 2.12. The fourth-order valence-corrected chi connectivity index (χ4v) is 3.73. The van der Waals surface area contributed by atoms with E-state index in [1.165, 1.54) is 6.07 Å². The van der Waals surface area contributed by atoms with Crippen LogP contribution in [0.1, 0.15) is 0 Å². The van der Waals surface area contributed by atoms with Gasteiger partial charge in [0.1, 0.15) is 17.5 Å². The van der Waals surface area contributed by atoms with Gasteiger partial charge in [0.15, 0.2) is 5.65 Å². The highest BCUT2D eigenvalue weighted by atomic mass is 19.1. The molecule has 4 aromatic rings. The van der Waals surface area contributed by atoms with Crippen LogP contribution in [0, 0.1) is 5.82 Å². The molecule has 0 amide bonds. The Morgan fingerprint density at radius 2 is 1.80 bits per heavy atom. The summed E-state index contributed by atoms with van der Waals surface area (Å²) in [6, 6.07) is 12.4. The highest BCUT2D eigenvalue weighted by Gasteiger charge is 2.20. The second-order valence-electron chi connectivity index (χ2n) is 7.55. The summed E-state index contributed by atoms with van der Waals surface area (Å²) in [5, 5.41) is 4.80. The van der Waals surface area contributed by atoms with Crippen molar-refractivity contribution < 1.29 is 4.39 Å². The lowest BCUT2D eigenvalue weighted by Crippen LogP contribution is -2.45. The molecule has 4 heterocycles. The number of hydrogen-bond acceptors (Lipinski definition) is 6. The van der Waals surface area contributed by atoms with Gasteiger partial charge in [0, 0.05) is 49.1 Å². The van der Waals surface area contributed by atoms with Crippen molar-refractivity contribution in [2.45, 2.75) is 0 Å². The SMILES string of the molecule is CN1CCN(c2cc(-c3ccc(N)nc3)c3nc(-c4ccccc4F)cn3n2)CC1. The molecule has 1 fully saturated rings. The fourth-order valence-electron chi connectivity index (χ4n) is 3.73. The fraction of sp³-hybridized carbons (Fsp3) is 0.227. The lowest BCUT2D eigenvalue weighted by Gasteiger charge is -2.33. The van der Waals surface area contributed by atoms with Gasteiger partial charge in [-0.1, -0.05) is 12.1 Å². The number of pyridine rings is 1. The molecule has 0 radical (unpaired) electrons. The predicted molar refractivity (Wildman–Crippen MR) is 116 cm³/mol. The maximum atomic E-state index is 14.4. The zero-order valence-corrected chi connectivity index (χ0v) is 16.7. The van der Waals surface area contributed by atoms with E-state index in [0.717, 1.165) is 43.1 Å². The van der Waals surface area contributed by atoms with E-state index in [9.17, 15) is 4.39 Å². The highest BCUT2D eigenvalue weighted by Crippen LogP contribution is 2.30. The van der Waals surface area contributed by atoms with E-state index >= 15 is 0 Å². The lowest BCUT2D eigenvalue weighted by atomic mass is 10.1. The summed E-state index contributed by atoms with van der Waals surface area (Å²) in [4.78, 5) is 13.5. The third-order valence-electron chi connectivity index (χ3n) is 5.49. The zero-order chi connectivity index (χ0) is 20.7. The molecule has 0 spiro atoms. The van der Waals surface area contributed by atoms with Gasteiger partial charge >= 0.3 is 0 Å². The molecule has 152 valence electrons. The number of nitrogens with zero attached hydrogens (tertiary/aromatic N) is 6. The molecule has 0 unspecified atom stereocenters. The summed E-state index contributed by atoms with van der Waals surface area (Å²) >= 11 is 0. The van der Waals surface area contributed by atoms with Crippen molar-refractivity contribution in [2.24, 2.45) is 0 Å². The maximum Gasteiger partial charge on any atom is 0.162 e. The average molecular weight is 403 g/mol. The third-order valence-corrected chi connectivity index (χ3v) is 5.49. The number of halogens is 1. The number of rotatable bonds is 3.